The number of hydrogen-bond donors (Lipinski definition) is 3. The van der Waals surface area contributed by atoms with Crippen LogP contribution in [-0.4, -0.2) is 36.0 Å². The lowest BCUT2D eigenvalue weighted by Gasteiger charge is -2.13. The van der Waals surface area contributed by atoms with Crippen molar-refractivity contribution in [2.24, 2.45) is 5.92 Å². The van der Waals surface area contributed by atoms with Crippen LogP contribution in [0.1, 0.15) is 110 Å². The van der Waals surface area contributed by atoms with Crippen molar-refractivity contribution in [1.29, 1.82) is 0 Å². The van der Waals surface area contributed by atoms with Crippen LogP contribution in [0.5, 0.6) is 0 Å². The van der Waals surface area contributed by atoms with E-state index in [9.17, 15) is 19.5 Å². The lowest BCUT2D eigenvalue weighted by atomic mass is 9.97. The van der Waals surface area contributed by atoms with Crippen molar-refractivity contribution < 1.29 is 19.5 Å². The quantitative estimate of drug-likeness (QED) is 0.166. The number of carboxylic acid groups (broad SMARTS) is 1. The minimum atomic E-state index is -0.787. The predicted molar refractivity (Wildman–Crippen MR) is 127 cm³/mol. The minimum absolute atomic E-state index is 0.164. The molecule has 1 unspecified atom stereocenters. The van der Waals surface area contributed by atoms with Crippen LogP contribution in [0.3, 0.4) is 0 Å². The second kappa shape index (κ2) is 21.4. The third kappa shape index (κ3) is 21.2. The summed E-state index contributed by atoms with van der Waals surface area (Å²) in [6.07, 6.45) is 20.5. The zero-order chi connectivity index (χ0) is 23.2. The van der Waals surface area contributed by atoms with Gasteiger partial charge in [-0.2, -0.15) is 0 Å². The highest BCUT2D eigenvalue weighted by Crippen LogP contribution is 2.15. The third-order valence-corrected chi connectivity index (χ3v) is 5.45. The van der Waals surface area contributed by atoms with Crippen LogP contribution in [0.4, 0.5) is 0 Å². The van der Waals surface area contributed by atoms with Gasteiger partial charge in [-0.15, -0.1) is 0 Å². The van der Waals surface area contributed by atoms with Gasteiger partial charge in [-0.25, -0.2) is 0 Å². The van der Waals surface area contributed by atoms with Crippen LogP contribution >= 0.6 is 0 Å². The Labute approximate surface area is 189 Å². The van der Waals surface area contributed by atoms with E-state index in [1.807, 2.05) is 0 Å². The fourth-order valence-electron chi connectivity index (χ4n) is 3.50. The Bertz CT molecular complexity index is 506. The first-order chi connectivity index (χ1) is 15.0. The summed E-state index contributed by atoms with van der Waals surface area (Å²) in [6, 6.07) is 0. The highest BCUT2D eigenvalue weighted by atomic mass is 16.4. The molecule has 0 rings (SSSR count). The molecule has 0 spiro atoms. The average Bonchev–Trinajstić information content (AvgIpc) is 2.72. The molecule has 0 saturated carbocycles. The van der Waals surface area contributed by atoms with Gasteiger partial charge in [-0.05, 0) is 38.5 Å². The van der Waals surface area contributed by atoms with Crippen molar-refractivity contribution in [2.45, 2.75) is 110 Å². The van der Waals surface area contributed by atoms with Crippen LogP contribution in [0, 0.1) is 5.92 Å². The van der Waals surface area contributed by atoms with E-state index in [4.69, 9.17) is 0 Å². The van der Waals surface area contributed by atoms with E-state index in [0.717, 1.165) is 32.1 Å². The van der Waals surface area contributed by atoms with Crippen molar-refractivity contribution in [1.82, 2.24) is 10.6 Å². The zero-order valence-electron chi connectivity index (χ0n) is 19.9. The molecule has 6 heteroatoms. The van der Waals surface area contributed by atoms with Crippen molar-refractivity contribution in [3.63, 3.8) is 0 Å². The smallest absolute Gasteiger partial charge is 0.306 e. The molecular weight excluding hydrogens is 392 g/mol. The highest BCUT2D eigenvalue weighted by Gasteiger charge is 2.16. The number of carbonyl (C=O) groups is 3. The Kier molecular flexibility index (Phi) is 20.1. The van der Waals surface area contributed by atoms with E-state index >= 15 is 0 Å². The van der Waals surface area contributed by atoms with E-state index in [-0.39, 0.29) is 18.2 Å². The van der Waals surface area contributed by atoms with Gasteiger partial charge in [-0.1, -0.05) is 70.4 Å². The summed E-state index contributed by atoms with van der Waals surface area (Å²) in [5, 5.41) is 14.7. The lowest BCUT2D eigenvalue weighted by Crippen LogP contribution is -2.31. The SMILES string of the molecule is CCCCCCCCC=CCCCCCCC(CCNC(=O)CCNC(C)=O)C(=O)O. The Morgan fingerprint density at radius 1 is 0.774 bits per heavy atom. The molecule has 31 heavy (non-hydrogen) atoms. The van der Waals surface area contributed by atoms with Gasteiger partial charge in [0.1, 0.15) is 0 Å². The number of carboxylic acids is 1. The summed E-state index contributed by atoms with van der Waals surface area (Å²) >= 11 is 0. The normalized spacial score (nSPS) is 12.1. The monoisotopic (exact) mass is 438 g/mol. The number of allylic oxidation sites excluding steroid dienone is 2. The highest BCUT2D eigenvalue weighted by molar-refractivity contribution is 5.78. The van der Waals surface area contributed by atoms with Crippen LogP contribution in [-0.2, 0) is 14.4 Å². The second-order valence-corrected chi connectivity index (χ2v) is 8.43. The van der Waals surface area contributed by atoms with Crippen molar-refractivity contribution in [3.8, 4) is 0 Å². The van der Waals surface area contributed by atoms with Crippen molar-refractivity contribution in [3.05, 3.63) is 12.2 Å². The molecule has 0 fully saturated rings. The van der Waals surface area contributed by atoms with Crippen LogP contribution < -0.4 is 10.6 Å². The van der Waals surface area contributed by atoms with Gasteiger partial charge in [-0.3, -0.25) is 14.4 Å². The summed E-state index contributed by atoms with van der Waals surface area (Å²) in [5.41, 5.74) is 0. The fourth-order valence-corrected chi connectivity index (χ4v) is 3.50. The van der Waals surface area contributed by atoms with Crippen LogP contribution in [0.25, 0.3) is 0 Å². The predicted octanol–water partition coefficient (Wildman–Crippen LogP) is 5.37. The van der Waals surface area contributed by atoms with Gasteiger partial charge in [0.15, 0.2) is 0 Å². The van der Waals surface area contributed by atoms with Gasteiger partial charge >= 0.3 is 5.97 Å². The summed E-state index contributed by atoms with van der Waals surface area (Å²) < 4.78 is 0. The fraction of sp³-hybridized carbons (Fsp3) is 0.800. The van der Waals surface area contributed by atoms with E-state index in [1.165, 1.54) is 51.9 Å². The Hall–Kier alpha value is -1.85. The molecule has 0 heterocycles. The number of carbonyl (C=O) groups excluding carboxylic acids is 2. The molecule has 0 aliphatic heterocycles. The molecule has 0 aliphatic rings. The van der Waals surface area contributed by atoms with Gasteiger partial charge in [0.25, 0.3) is 0 Å². The number of aliphatic carboxylic acids is 1. The maximum atomic E-state index is 11.7. The topological polar surface area (TPSA) is 95.5 Å². The maximum absolute atomic E-state index is 11.7. The van der Waals surface area contributed by atoms with E-state index in [1.54, 1.807) is 0 Å². The molecule has 0 aromatic rings. The standard InChI is InChI=1S/C25H46N2O4/c1-3-4-5-6-7-8-9-10-11-12-13-14-15-16-17-23(25(30)31)18-20-27-24(29)19-21-26-22(2)28/h10-11,23H,3-9,12-21H2,1-2H3,(H,26,28)(H,27,29)(H,30,31). The van der Waals surface area contributed by atoms with Crippen LogP contribution in [0.15, 0.2) is 12.2 Å². The van der Waals surface area contributed by atoms with E-state index in [0.29, 0.717) is 25.9 Å². The Morgan fingerprint density at radius 2 is 1.35 bits per heavy atom. The van der Waals surface area contributed by atoms with Crippen molar-refractivity contribution >= 4 is 17.8 Å². The van der Waals surface area contributed by atoms with Crippen molar-refractivity contribution in [2.75, 3.05) is 13.1 Å². The molecule has 0 bridgehead atoms. The molecule has 180 valence electrons. The summed E-state index contributed by atoms with van der Waals surface area (Å²) in [4.78, 5) is 33.8. The molecular formula is C25H46N2O4. The molecule has 3 N–H and O–H groups in total. The molecule has 1 atom stereocenters. The van der Waals surface area contributed by atoms with Crippen LogP contribution in [0.2, 0.25) is 0 Å². The molecule has 0 aromatic heterocycles. The summed E-state index contributed by atoms with van der Waals surface area (Å²) in [5.74, 6) is -1.52. The Balaban J connectivity index is 3.64. The van der Waals surface area contributed by atoms with Gasteiger partial charge in [0.05, 0.1) is 5.92 Å². The van der Waals surface area contributed by atoms with E-state index in [2.05, 4.69) is 29.7 Å². The molecule has 0 aromatic carbocycles. The van der Waals surface area contributed by atoms with E-state index < -0.39 is 11.9 Å². The van der Waals surface area contributed by atoms with Gasteiger partial charge in [0, 0.05) is 26.4 Å². The molecule has 6 nitrogen and oxygen atoms in total. The van der Waals surface area contributed by atoms with Gasteiger partial charge in [0.2, 0.25) is 11.8 Å². The largest absolute Gasteiger partial charge is 0.481 e. The Morgan fingerprint density at radius 3 is 1.94 bits per heavy atom. The molecule has 2 amide bonds. The number of amides is 2. The minimum Gasteiger partial charge on any atom is -0.481 e. The van der Waals surface area contributed by atoms with Gasteiger partial charge < -0.3 is 15.7 Å². The number of rotatable bonds is 21. The maximum Gasteiger partial charge on any atom is 0.306 e. The lowest BCUT2D eigenvalue weighted by molar-refractivity contribution is -0.142. The molecule has 0 radical (unpaired) electrons. The first-order valence-electron chi connectivity index (χ1n) is 12.4. The second-order valence-electron chi connectivity index (χ2n) is 8.43. The number of hydrogen-bond acceptors (Lipinski definition) is 3. The zero-order valence-corrected chi connectivity index (χ0v) is 19.9. The number of nitrogens with one attached hydrogen (secondary N) is 2. The third-order valence-electron chi connectivity index (χ3n) is 5.45. The summed E-state index contributed by atoms with van der Waals surface area (Å²) in [6.45, 7) is 4.32. The first kappa shape index (κ1) is 29.1. The summed E-state index contributed by atoms with van der Waals surface area (Å²) in [7, 11) is 0. The number of unbranched alkanes of at least 4 members (excludes halogenated alkanes) is 10. The molecule has 0 aliphatic carbocycles. The molecule has 0 saturated heterocycles. The first-order valence-corrected chi connectivity index (χ1v) is 12.4. The average molecular weight is 439 g/mol.